The van der Waals surface area contributed by atoms with E-state index in [-0.39, 0.29) is 17.4 Å². The minimum atomic E-state index is -0.0522. The molecule has 2 aromatic heterocycles. The van der Waals surface area contributed by atoms with Crippen molar-refractivity contribution in [1.82, 2.24) is 25.0 Å². The van der Waals surface area contributed by atoms with Gasteiger partial charge in [0.1, 0.15) is 0 Å². The van der Waals surface area contributed by atoms with Crippen LogP contribution in [0.3, 0.4) is 0 Å². The molecule has 1 amide bonds. The molecule has 2 aliphatic rings. The van der Waals surface area contributed by atoms with Crippen molar-refractivity contribution in [3.63, 3.8) is 0 Å². The number of carbonyl (C=O) groups is 1. The van der Waals surface area contributed by atoms with E-state index in [1.165, 1.54) is 5.56 Å². The van der Waals surface area contributed by atoms with Crippen molar-refractivity contribution >= 4 is 5.91 Å². The molecule has 0 aliphatic carbocycles. The minimum Gasteiger partial charge on any atom is -0.350 e. The predicted octanol–water partition coefficient (Wildman–Crippen LogP) is 1.45. The van der Waals surface area contributed by atoms with Crippen molar-refractivity contribution in [3.05, 3.63) is 48.0 Å². The van der Waals surface area contributed by atoms with Gasteiger partial charge in [-0.3, -0.25) is 19.4 Å². The second kappa shape index (κ2) is 6.02. The van der Waals surface area contributed by atoms with Crippen LogP contribution in [0.25, 0.3) is 0 Å². The van der Waals surface area contributed by atoms with E-state index in [9.17, 15) is 4.79 Å². The lowest BCUT2D eigenvalue weighted by Gasteiger charge is -2.39. The van der Waals surface area contributed by atoms with Crippen LogP contribution in [0.2, 0.25) is 0 Å². The maximum absolute atomic E-state index is 12.5. The molecule has 2 aliphatic heterocycles. The zero-order chi connectivity index (χ0) is 16.6. The Kier molecular flexibility index (Phi) is 3.84. The number of likely N-dealkylation sites (tertiary alicyclic amines) is 1. The summed E-state index contributed by atoms with van der Waals surface area (Å²) in [5, 5.41) is 7.53. The average molecular weight is 325 g/mol. The highest BCUT2D eigenvalue weighted by Crippen LogP contribution is 2.39. The summed E-state index contributed by atoms with van der Waals surface area (Å²) in [5.74, 6) is 0.104. The Balaban J connectivity index is 1.39. The van der Waals surface area contributed by atoms with E-state index in [0.29, 0.717) is 0 Å². The molecule has 0 radical (unpaired) electrons. The molecule has 126 valence electrons. The lowest BCUT2D eigenvalue weighted by Crippen LogP contribution is -2.50. The lowest BCUT2D eigenvalue weighted by molar-refractivity contribution is -0.121. The molecular formula is C18H23N5O. The Hall–Kier alpha value is -2.21. The summed E-state index contributed by atoms with van der Waals surface area (Å²) in [6.45, 7) is 2.95. The smallest absolute Gasteiger partial charge is 0.228 e. The molecule has 1 N–H and O–H groups in total. The molecular weight excluding hydrogens is 302 g/mol. The molecule has 2 aromatic rings. The number of aromatic nitrogens is 3. The molecule has 4 heterocycles. The second-order valence-electron chi connectivity index (χ2n) is 7.11. The summed E-state index contributed by atoms with van der Waals surface area (Å²) in [7, 11) is 1.95. The van der Waals surface area contributed by atoms with Crippen LogP contribution in [-0.2, 0) is 18.4 Å². The first-order valence-corrected chi connectivity index (χ1v) is 8.55. The van der Waals surface area contributed by atoms with Crippen LogP contribution in [-0.4, -0.2) is 44.2 Å². The summed E-state index contributed by atoms with van der Waals surface area (Å²) >= 11 is 0. The number of pyridine rings is 1. The number of carbonyl (C=O) groups excluding carboxylic acids is 1. The number of hydrogen-bond donors (Lipinski definition) is 1. The number of nitrogens with zero attached hydrogens (tertiary/aromatic N) is 4. The Bertz CT molecular complexity index is 718. The third-order valence-corrected chi connectivity index (χ3v) is 5.36. The minimum absolute atomic E-state index is 0.0387. The zero-order valence-electron chi connectivity index (χ0n) is 14.0. The zero-order valence-corrected chi connectivity index (χ0v) is 14.0. The van der Waals surface area contributed by atoms with Crippen LogP contribution in [0.1, 0.15) is 36.3 Å². The van der Waals surface area contributed by atoms with Gasteiger partial charge in [-0.05, 0) is 30.9 Å². The molecule has 1 atom stereocenters. The van der Waals surface area contributed by atoms with Crippen LogP contribution >= 0.6 is 0 Å². The maximum Gasteiger partial charge on any atom is 0.228 e. The fraction of sp³-hybridized carbons (Fsp3) is 0.500. The van der Waals surface area contributed by atoms with Crippen LogP contribution in [0.4, 0.5) is 0 Å². The molecule has 0 aromatic carbocycles. The van der Waals surface area contributed by atoms with Gasteiger partial charge in [-0.2, -0.15) is 5.10 Å². The van der Waals surface area contributed by atoms with Crippen LogP contribution < -0.4 is 5.32 Å². The van der Waals surface area contributed by atoms with Gasteiger partial charge in [0.2, 0.25) is 5.91 Å². The Morgan fingerprint density at radius 3 is 2.83 bits per heavy atom. The van der Waals surface area contributed by atoms with Crippen molar-refractivity contribution in [2.45, 2.75) is 37.3 Å². The summed E-state index contributed by atoms with van der Waals surface area (Å²) in [4.78, 5) is 19.1. The summed E-state index contributed by atoms with van der Waals surface area (Å²) < 4.78 is 1.84. The molecule has 2 saturated heterocycles. The highest BCUT2D eigenvalue weighted by Gasteiger charge is 2.46. The largest absolute Gasteiger partial charge is 0.350 e. The van der Waals surface area contributed by atoms with Crippen molar-refractivity contribution in [3.8, 4) is 0 Å². The molecule has 24 heavy (non-hydrogen) atoms. The van der Waals surface area contributed by atoms with Crippen molar-refractivity contribution < 1.29 is 4.79 Å². The standard InChI is InChI=1S/C18H23N5O/c1-22-12-14(10-20-22)13-23-7-4-18(5-8-23)9-16(17(24)21-18)15-3-2-6-19-11-15/h2-3,6,10-12,16H,4-5,7-9,13H2,1H3,(H,21,24)/t16-/m1/s1. The lowest BCUT2D eigenvalue weighted by atomic mass is 9.82. The highest BCUT2D eigenvalue weighted by molar-refractivity contribution is 5.87. The molecule has 4 rings (SSSR count). The molecule has 6 heteroatoms. The van der Waals surface area contributed by atoms with E-state index in [4.69, 9.17) is 0 Å². The Morgan fingerprint density at radius 2 is 2.17 bits per heavy atom. The average Bonchev–Trinajstić information content (AvgIpc) is 3.14. The van der Waals surface area contributed by atoms with E-state index < -0.39 is 0 Å². The Labute approximate surface area is 141 Å². The van der Waals surface area contributed by atoms with Crippen LogP contribution in [0, 0.1) is 0 Å². The molecule has 6 nitrogen and oxygen atoms in total. The molecule has 0 saturated carbocycles. The Morgan fingerprint density at radius 1 is 1.33 bits per heavy atom. The number of piperidine rings is 1. The van der Waals surface area contributed by atoms with E-state index in [0.717, 1.165) is 44.5 Å². The monoisotopic (exact) mass is 325 g/mol. The van der Waals surface area contributed by atoms with Gasteiger partial charge in [-0.1, -0.05) is 6.07 Å². The fourth-order valence-corrected chi connectivity index (χ4v) is 4.01. The first-order valence-electron chi connectivity index (χ1n) is 8.55. The van der Waals surface area contributed by atoms with Gasteiger partial charge in [0, 0.05) is 56.4 Å². The third kappa shape index (κ3) is 2.94. The van der Waals surface area contributed by atoms with Crippen molar-refractivity contribution in [2.75, 3.05) is 13.1 Å². The number of aryl methyl sites for hydroxylation is 1. The number of nitrogens with one attached hydrogen (secondary N) is 1. The normalized spacial score (nSPS) is 23.5. The maximum atomic E-state index is 12.5. The third-order valence-electron chi connectivity index (χ3n) is 5.36. The summed E-state index contributed by atoms with van der Waals surface area (Å²) in [6.07, 6.45) is 10.5. The predicted molar refractivity (Wildman–Crippen MR) is 90.2 cm³/mol. The molecule has 1 spiro atoms. The topological polar surface area (TPSA) is 63.1 Å². The van der Waals surface area contributed by atoms with Gasteiger partial charge in [0.25, 0.3) is 0 Å². The van der Waals surface area contributed by atoms with E-state index in [2.05, 4.69) is 26.5 Å². The number of rotatable bonds is 3. The van der Waals surface area contributed by atoms with E-state index in [1.807, 2.05) is 36.3 Å². The highest BCUT2D eigenvalue weighted by atomic mass is 16.2. The fourth-order valence-electron chi connectivity index (χ4n) is 4.01. The summed E-state index contributed by atoms with van der Waals surface area (Å²) in [6, 6.07) is 3.91. The van der Waals surface area contributed by atoms with Gasteiger partial charge in [0.15, 0.2) is 0 Å². The van der Waals surface area contributed by atoms with Crippen LogP contribution in [0.5, 0.6) is 0 Å². The first kappa shape index (κ1) is 15.3. The number of amides is 1. The SMILES string of the molecule is Cn1cc(CN2CCC3(CC2)C[C@H](c2cccnc2)C(=O)N3)cn1. The van der Waals surface area contributed by atoms with Gasteiger partial charge >= 0.3 is 0 Å². The second-order valence-corrected chi connectivity index (χ2v) is 7.11. The first-order chi connectivity index (χ1) is 11.6. The van der Waals surface area contributed by atoms with Gasteiger partial charge in [0.05, 0.1) is 12.1 Å². The molecule has 2 fully saturated rings. The van der Waals surface area contributed by atoms with E-state index >= 15 is 0 Å². The van der Waals surface area contributed by atoms with Crippen LogP contribution in [0.15, 0.2) is 36.9 Å². The summed E-state index contributed by atoms with van der Waals surface area (Å²) in [5.41, 5.74) is 2.24. The van der Waals surface area contributed by atoms with Gasteiger partial charge in [-0.15, -0.1) is 0 Å². The molecule has 0 unspecified atom stereocenters. The van der Waals surface area contributed by atoms with Crippen molar-refractivity contribution in [2.24, 2.45) is 7.05 Å². The van der Waals surface area contributed by atoms with E-state index in [1.54, 1.807) is 6.20 Å². The number of hydrogen-bond acceptors (Lipinski definition) is 4. The quantitative estimate of drug-likeness (QED) is 0.928. The van der Waals surface area contributed by atoms with Gasteiger partial charge < -0.3 is 5.32 Å². The van der Waals surface area contributed by atoms with Crippen molar-refractivity contribution in [1.29, 1.82) is 0 Å². The molecule has 0 bridgehead atoms. The van der Waals surface area contributed by atoms with Gasteiger partial charge in [-0.25, -0.2) is 0 Å².